The first-order valence-electron chi connectivity index (χ1n) is 6.32. The lowest BCUT2D eigenvalue weighted by atomic mass is 10.0. The normalized spacial score (nSPS) is 19.4. The van der Waals surface area contributed by atoms with Crippen LogP contribution in [0.2, 0.25) is 0 Å². The first-order valence-corrected chi connectivity index (χ1v) is 7.80. The molecule has 2 N–H and O–H groups in total. The molecule has 0 aliphatic carbocycles. The highest BCUT2D eigenvalue weighted by molar-refractivity contribution is 7.89. The summed E-state index contributed by atoms with van der Waals surface area (Å²) in [5, 5.41) is 3.14. The minimum atomic E-state index is -3.38. The van der Waals surface area contributed by atoms with Crippen molar-refractivity contribution >= 4 is 22.4 Å². The van der Waals surface area contributed by atoms with E-state index in [2.05, 4.69) is 23.9 Å². The molecule has 0 amide bonds. The Labute approximate surface area is 121 Å². The van der Waals surface area contributed by atoms with Gasteiger partial charge in [-0.1, -0.05) is 26.0 Å². The van der Waals surface area contributed by atoms with Gasteiger partial charge in [0.25, 0.3) is 0 Å². The molecule has 1 saturated heterocycles. The number of nitrogens with one attached hydrogen (secondary N) is 2. The third-order valence-corrected chi connectivity index (χ3v) is 4.78. The van der Waals surface area contributed by atoms with Crippen molar-refractivity contribution in [3.05, 3.63) is 29.8 Å². The van der Waals surface area contributed by atoms with Crippen molar-refractivity contribution in [1.29, 1.82) is 0 Å². The highest BCUT2D eigenvalue weighted by Gasteiger charge is 2.22. The molecule has 1 heterocycles. The van der Waals surface area contributed by atoms with Crippen LogP contribution < -0.4 is 10.0 Å². The van der Waals surface area contributed by atoms with Crippen LogP contribution in [0.1, 0.15) is 31.7 Å². The smallest absolute Gasteiger partial charge is 0.240 e. The van der Waals surface area contributed by atoms with Gasteiger partial charge in [-0.15, -0.1) is 12.4 Å². The van der Waals surface area contributed by atoms with Crippen LogP contribution in [0.5, 0.6) is 0 Å². The van der Waals surface area contributed by atoms with E-state index >= 15 is 0 Å². The van der Waals surface area contributed by atoms with E-state index in [1.54, 1.807) is 12.1 Å². The van der Waals surface area contributed by atoms with Crippen molar-refractivity contribution in [3.8, 4) is 0 Å². The molecule has 1 unspecified atom stereocenters. The van der Waals surface area contributed by atoms with Crippen molar-refractivity contribution in [2.24, 2.45) is 0 Å². The standard InChI is InChI=1S/C13H20N2O2S.ClH/c1-10(2)11-3-5-13(6-4-11)18(16,17)15-12-7-8-14-9-12;/h3-6,10,12,14-15H,7-9H2,1-2H3;1H. The predicted molar refractivity (Wildman–Crippen MR) is 79.4 cm³/mol. The molecule has 19 heavy (non-hydrogen) atoms. The molecule has 0 saturated carbocycles. The molecule has 1 aromatic rings. The molecular formula is C13H21ClN2O2S. The summed E-state index contributed by atoms with van der Waals surface area (Å²) in [4.78, 5) is 0.346. The summed E-state index contributed by atoms with van der Waals surface area (Å²) in [6.07, 6.45) is 0.851. The van der Waals surface area contributed by atoms with Crippen molar-refractivity contribution in [2.45, 2.75) is 37.1 Å². The van der Waals surface area contributed by atoms with Gasteiger partial charge in [0.15, 0.2) is 0 Å². The highest BCUT2D eigenvalue weighted by Crippen LogP contribution is 2.17. The molecule has 6 heteroatoms. The summed E-state index contributed by atoms with van der Waals surface area (Å²) >= 11 is 0. The van der Waals surface area contributed by atoms with Crippen LogP contribution in [0.4, 0.5) is 0 Å². The summed E-state index contributed by atoms with van der Waals surface area (Å²) in [5.41, 5.74) is 1.15. The molecule has 0 bridgehead atoms. The van der Waals surface area contributed by atoms with E-state index in [0.29, 0.717) is 17.4 Å². The SMILES string of the molecule is CC(C)c1ccc(S(=O)(=O)NC2CCNC2)cc1.Cl. The number of sulfonamides is 1. The molecule has 4 nitrogen and oxygen atoms in total. The maximum absolute atomic E-state index is 12.1. The van der Waals surface area contributed by atoms with E-state index in [0.717, 1.165) is 18.5 Å². The molecule has 0 radical (unpaired) electrons. The maximum Gasteiger partial charge on any atom is 0.240 e. The summed E-state index contributed by atoms with van der Waals surface area (Å²) in [7, 11) is -3.38. The average Bonchev–Trinajstić information content (AvgIpc) is 2.81. The fraction of sp³-hybridized carbons (Fsp3) is 0.538. The number of hydrogen-bond donors (Lipinski definition) is 2. The molecule has 1 atom stereocenters. The van der Waals surface area contributed by atoms with Crippen LogP contribution in [0.25, 0.3) is 0 Å². The van der Waals surface area contributed by atoms with Crippen LogP contribution >= 0.6 is 12.4 Å². The minimum absolute atomic E-state index is 0. The largest absolute Gasteiger partial charge is 0.315 e. The third kappa shape index (κ3) is 4.18. The number of halogens is 1. The lowest BCUT2D eigenvalue weighted by Crippen LogP contribution is -2.36. The molecule has 108 valence electrons. The van der Waals surface area contributed by atoms with Crippen molar-refractivity contribution < 1.29 is 8.42 Å². The Morgan fingerprint density at radius 2 is 1.89 bits per heavy atom. The van der Waals surface area contributed by atoms with E-state index in [4.69, 9.17) is 0 Å². The fourth-order valence-electron chi connectivity index (χ4n) is 2.07. The zero-order chi connectivity index (χ0) is 13.2. The molecular weight excluding hydrogens is 284 g/mol. The van der Waals surface area contributed by atoms with E-state index in [9.17, 15) is 8.42 Å². The van der Waals surface area contributed by atoms with Crippen LogP contribution in [0, 0.1) is 0 Å². The van der Waals surface area contributed by atoms with Gasteiger partial charge < -0.3 is 5.32 Å². The second-order valence-electron chi connectivity index (χ2n) is 5.03. The Morgan fingerprint density at radius 1 is 1.26 bits per heavy atom. The minimum Gasteiger partial charge on any atom is -0.315 e. The summed E-state index contributed by atoms with van der Waals surface area (Å²) in [5.74, 6) is 0.411. The van der Waals surface area contributed by atoms with Gasteiger partial charge in [-0.05, 0) is 36.6 Å². The molecule has 1 aliphatic rings. The van der Waals surface area contributed by atoms with Crippen LogP contribution in [0.3, 0.4) is 0 Å². The van der Waals surface area contributed by atoms with Gasteiger partial charge in [0, 0.05) is 12.6 Å². The van der Waals surface area contributed by atoms with E-state index in [1.807, 2.05) is 12.1 Å². The van der Waals surface area contributed by atoms with Gasteiger partial charge in [-0.2, -0.15) is 0 Å². The molecule has 1 fully saturated rings. The summed E-state index contributed by atoms with van der Waals surface area (Å²) in [6.45, 7) is 5.76. The molecule has 1 aromatic carbocycles. The number of rotatable bonds is 4. The van der Waals surface area contributed by atoms with Crippen molar-refractivity contribution in [3.63, 3.8) is 0 Å². The second-order valence-corrected chi connectivity index (χ2v) is 6.75. The van der Waals surface area contributed by atoms with Gasteiger partial charge in [-0.3, -0.25) is 0 Å². The van der Waals surface area contributed by atoms with Gasteiger partial charge in [0.05, 0.1) is 4.90 Å². The monoisotopic (exact) mass is 304 g/mol. The van der Waals surface area contributed by atoms with Gasteiger partial charge in [-0.25, -0.2) is 13.1 Å². The van der Waals surface area contributed by atoms with E-state index < -0.39 is 10.0 Å². The Bertz CT molecular complexity index is 494. The summed E-state index contributed by atoms with van der Waals surface area (Å²) in [6, 6.07) is 7.14. The third-order valence-electron chi connectivity index (χ3n) is 3.24. The van der Waals surface area contributed by atoms with Gasteiger partial charge in [0.2, 0.25) is 10.0 Å². The average molecular weight is 305 g/mol. The van der Waals surface area contributed by atoms with Crippen molar-refractivity contribution in [2.75, 3.05) is 13.1 Å². The Hall–Kier alpha value is -0.620. The fourth-order valence-corrected chi connectivity index (χ4v) is 3.35. The topological polar surface area (TPSA) is 58.2 Å². The lowest BCUT2D eigenvalue weighted by Gasteiger charge is -2.13. The highest BCUT2D eigenvalue weighted by atomic mass is 35.5. The Morgan fingerprint density at radius 3 is 2.37 bits per heavy atom. The van der Waals surface area contributed by atoms with Gasteiger partial charge >= 0.3 is 0 Å². The zero-order valence-corrected chi connectivity index (χ0v) is 12.9. The quantitative estimate of drug-likeness (QED) is 0.893. The summed E-state index contributed by atoms with van der Waals surface area (Å²) < 4.78 is 27.0. The lowest BCUT2D eigenvalue weighted by molar-refractivity contribution is 0.560. The molecule has 2 rings (SSSR count). The zero-order valence-electron chi connectivity index (χ0n) is 11.2. The van der Waals surface area contributed by atoms with E-state index in [-0.39, 0.29) is 18.4 Å². The van der Waals surface area contributed by atoms with E-state index in [1.165, 1.54) is 0 Å². The molecule has 0 aromatic heterocycles. The van der Waals surface area contributed by atoms with Gasteiger partial charge in [0.1, 0.15) is 0 Å². The van der Waals surface area contributed by atoms with Crippen LogP contribution in [-0.2, 0) is 10.0 Å². The molecule has 0 spiro atoms. The molecule has 1 aliphatic heterocycles. The number of benzene rings is 1. The Kier molecular flexibility index (Phi) is 5.80. The second kappa shape index (κ2) is 6.70. The Balaban J connectivity index is 0.00000180. The van der Waals surface area contributed by atoms with Crippen molar-refractivity contribution in [1.82, 2.24) is 10.0 Å². The first kappa shape index (κ1) is 16.4. The van der Waals surface area contributed by atoms with Crippen LogP contribution in [0.15, 0.2) is 29.2 Å². The maximum atomic E-state index is 12.1. The number of hydrogen-bond acceptors (Lipinski definition) is 3. The first-order chi connectivity index (χ1) is 8.49. The predicted octanol–water partition coefficient (Wildman–Crippen LogP) is 1.87. The van der Waals surface area contributed by atoms with Crippen LogP contribution in [-0.4, -0.2) is 27.5 Å².